The first-order valence-corrected chi connectivity index (χ1v) is 10.2. The number of anilines is 1. The number of benzene rings is 2. The van der Waals surface area contributed by atoms with Crippen molar-refractivity contribution in [2.75, 3.05) is 51.9 Å². The van der Waals surface area contributed by atoms with E-state index in [0.717, 1.165) is 31.7 Å². The summed E-state index contributed by atoms with van der Waals surface area (Å²) >= 11 is 0. The molecule has 164 valence electrons. The van der Waals surface area contributed by atoms with Crippen molar-refractivity contribution in [3.63, 3.8) is 0 Å². The van der Waals surface area contributed by atoms with Crippen LogP contribution in [0.1, 0.15) is 11.6 Å². The number of piperazine rings is 1. The van der Waals surface area contributed by atoms with Crippen LogP contribution in [0.15, 0.2) is 42.5 Å². The molecule has 8 nitrogen and oxygen atoms in total. The molecule has 2 N–H and O–H groups in total. The zero-order chi connectivity index (χ0) is 21.8. The van der Waals surface area contributed by atoms with E-state index in [-0.39, 0.29) is 25.1 Å². The Bertz CT molecular complexity index is 962. The molecule has 0 bridgehead atoms. The molecule has 2 aliphatic rings. The Balaban J connectivity index is 1.45. The van der Waals surface area contributed by atoms with Gasteiger partial charge in [-0.2, -0.15) is 0 Å². The molecule has 2 aromatic carbocycles. The minimum atomic E-state index is -0.909. The van der Waals surface area contributed by atoms with Crippen LogP contribution >= 0.6 is 0 Å². The molecule has 1 saturated heterocycles. The van der Waals surface area contributed by atoms with Gasteiger partial charge in [0.2, 0.25) is 6.79 Å². The normalized spacial score (nSPS) is 17.2. The lowest BCUT2D eigenvalue weighted by molar-refractivity contribution is -0.136. The van der Waals surface area contributed by atoms with Crippen LogP contribution in [0.2, 0.25) is 0 Å². The number of rotatable bonds is 5. The summed E-state index contributed by atoms with van der Waals surface area (Å²) in [5.74, 6) is -0.968. The van der Waals surface area contributed by atoms with Crippen LogP contribution in [0.4, 0.5) is 10.1 Å². The van der Waals surface area contributed by atoms with E-state index in [4.69, 9.17) is 9.47 Å². The maximum Gasteiger partial charge on any atom is 0.313 e. The summed E-state index contributed by atoms with van der Waals surface area (Å²) in [6.07, 6.45) is 0. The molecule has 2 amide bonds. The van der Waals surface area contributed by atoms with Crippen LogP contribution in [-0.2, 0) is 9.59 Å². The van der Waals surface area contributed by atoms with Gasteiger partial charge in [-0.3, -0.25) is 14.5 Å². The third-order valence-corrected chi connectivity index (χ3v) is 5.54. The largest absolute Gasteiger partial charge is 0.454 e. The molecule has 4 rings (SSSR count). The Morgan fingerprint density at radius 2 is 1.77 bits per heavy atom. The van der Waals surface area contributed by atoms with E-state index in [9.17, 15) is 14.0 Å². The lowest BCUT2D eigenvalue weighted by Crippen LogP contribution is -2.49. The topological polar surface area (TPSA) is 83.1 Å². The van der Waals surface area contributed by atoms with Crippen molar-refractivity contribution in [1.29, 1.82) is 0 Å². The number of nitrogens with zero attached hydrogens (tertiary/aromatic N) is 2. The number of carbonyl (C=O) groups is 2. The van der Waals surface area contributed by atoms with Crippen LogP contribution in [0, 0.1) is 5.82 Å². The molecule has 0 unspecified atom stereocenters. The van der Waals surface area contributed by atoms with E-state index in [2.05, 4.69) is 27.5 Å². The van der Waals surface area contributed by atoms with E-state index in [1.54, 1.807) is 6.07 Å². The van der Waals surface area contributed by atoms with E-state index in [1.165, 1.54) is 18.2 Å². The first-order chi connectivity index (χ1) is 15.0. The van der Waals surface area contributed by atoms with E-state index >= 15 is 0 Å². The molecule has 1 atom stereocenters. The zero-order valence-electron chi connectivity index (χ0n) is 17.3. The van der Waals surface area contributed by atoms with Crippen LogP contribution in [-0.4, -0.2) is 68.2 Å². The number of likely N-dealkylation sites (N-methyl/N-ethyl adjacent to an activating group) is 1. The van der Waals surface area contributed by atoms with Gasteiger partial charge >= 0.3 is 11.8 Å². The van der Waals surface area contributed by atoms with Gasteiger partial charge in [0.05, 0.1) is 11.7 Å². The SMILES string of the molecule is CN1CCN([C@H](CNC(=O)C(=O)Nc2ccccc2F)c2ccc3c(c2)OCO3)CC1. The van der Waals surface area contributed by atoms with Crippen molar-refractivity contribution < 1.29 is 23.5 Å². The van der Waals surface area contributed by atoms with Gasteiger partial charge in [0.15, 0.2) is 11.5 Å². The average Bonchev–Trinajstić information content (AvgIpc) is 3.24. The predicted molar refractivity (Wildman–Crippen MR) is 112 cm³/mol. The number of hydrogen-bond donors (Lipinski definition) is 2. The molecular formula is C22H25FN4O4. The molecule has 0 saturated carbocycles. The van der Waals surface area contributed by atoms with Crippen molar-refractivity contribution in [2.24, 2.45) is 0 Å². The molecule has 2 aromatic rings. The first-order valence-electron chi connectivity index (χ1n) is 10.2. The van der Waals surface area contributed by atoms with Crippen molar-refractivity contribution >= 4 is 17.5 Å². The standard InChI is InChI=1S/C22H25FN4O4/c1-26-8-10-27(11-9-26)18(15-6-7-19-20(12-15)31-14-30-19)13-24-21(28)22(29)25-17-5-3-2-4-16(17)23/h2-7,12,18H,8-11,13-14H2,1H3,(H,24,28)(H,25,29)/t18-/m1/s1. The van der Waals surface area contributed by atoms with Gasteiger partial charge in [-0.05, 0) is 36.9 Å². The number of para-hydroxylation sites is 1. The van der Waals surface area contributed by atoms with Gasteiger partial charge in [0, 0.05) is 32.7 Å². The minimum absolute atomic E-state index is 0.0333. The van der Waals surface area contributed by atoms with Gasteiger partial charge in [0.1, 0.15) is 5.82 Å². The fourth-order valence-electron chi connectivity index (χ4n) is 3.72. The highest BCUT2D eigenvalue weighted by atomic mass is 19.1. The number of fused-ring (bicyclic) bond motifs is 1. The predicted octanol–water partition coefficient (Wildman–Crippen LogP) is 1.60. The number of ether oxygens (including phenoxy) is 2. The third-order valence-electron chi connectivity index (χ3n) is 5.54. The van der Waals surface area contributed by atoms with Gasteiger partial charge in [0.25, 0.3) is 0 Å². The Morgan fingerprint density at radius 3 is 2.55 bits per heavy atom. The summed E-state index contributed by atoms with van der Waals surface area (Å²) in [6.45, 7) is 3.88. The van der Waals surface area contributed by atoms with Crippen LogP contribution in [0.25, 0.3) is 0 Å². The van der Waals surface area contributed by atoms with Gasteiger partial charge in [-0.25, -0.2) is 4.39 Å². The molecule has 0 aromatic heterocycles. The Kier molecular flexibility index (Phi) is 6.34. The highest BCUT2D eigenvalue weighted by Gasteiger charge is 2.27. The molecule has 0 radical (unpaired) electrons. The number of hydrogen-bond acceptors (Lipinski definition) is 6. The van der Waals surface area contributed by atoms with Gasteiger partial charge < -0.3 is 25.0 Å². The van der Waals surface area contributed by atoms with Crippen LogP contribution in [0.5, 0.6) is 11.5 Å². The number of carbonyl (C=O) groups excluding carboxylic acids is 2. The quantitative estimate of drug-likeness (QED) is 0.704. The fourth-order valence-corrected chi connectivity index (χ4v) is 3.72. The van der Waals surface area contributed by atoms with Crippen LogP contribution in [0.3, 0.4) is 0 Å². The van der Waals surface area contributed by atoms with Crippen molar-refractivity contribution in [3.05, 3.63) is 53.8 Å². The highest BCUT2D eigenvalue weighted by Crippen LogP contribution is 2.35. The molecule has 0 spiro atoms. The summed E-state index contributed by atoms with van der Waals surface area (Å²) in [5.41, 5.74) is 0.928. The van der Waals surface area contributed by atoms with Gasteiger partial charge in [-0.1, -0.05) is 18.2 Å². The Hall–Kier alpha value is -3.17. The Labute approximate surface area is 179 Å². The maximum atomic E-state index is 13.8. The average molecular weight is 428 g/mol. The highest BCUT2D eigenvalue weighted by molar-refractivity contribution is 6.39. The van der Waals surface area contributed by atoms with Crippen molar-refractivity contribution in [1.82, 2.24) is 15.1 Å². The Morgan fingerprint density at radius 1 is 1.03 bits per heavy atom. The number of nitrogens with one attached hydrogen (secondary N) is 2. The summed E-state index contributed by atoms with van der Waals surface area (Å²) in [4.78, 5) is 29.2. The number of halogens is 1. The second kappa shape index (κ2) is 9.32. The number of amides is 2. The molecular weight excluding hydrogens is 403 g/mol. The lowest BCUT2D eigenvalue weighted by atomic mass is 10.0. The first kappa shape index (κ1) is 21.1. The maximum absolute atomic E-state index is 13.8. The van der Waals surface area contributed by atoms with E-state index in [0.29, 0.717) is 11.5 Å². The minimum Gasteiger partial charge on any atom is -0.454 e. The monoisotopic (exact) mass is 428 g/mol. The molecule has 2 heterocycles. The molecule has 1 fully saturated rings. The molecule has 2 aliphatic heterocycles. The van der Waals surface area contributed by atoms with Crippen molar-refractivity contribution in [2.45, 2.75) is 6.04 Å². The summed E-state index contributed by atoms with van der Waals surface area (Å²) in [5, 5.41) is 5.01. The summed E-state index contributed by atoms with van der Waals surface area (Å²) < 4.78 is 24.6. The summed E-state index contributed by atoms with van der Waals surface area (Å²) in [7, 11) is 2.07. The third kappa shape index (κ3) is 4.95. The molecule has 31 heavy (non-hydrogen) atoms. The van der Waals surface area contributed by atoms with Crippen molar-refractivity contribution in [3.8, 4) is 11.5 Å². The molecule has 9 heteroatoms. The van der Waals surface area contributed by atoms with Gasteiger partial charge in [-0.15, -0.1) is 0 Å². The van der Waals surface area contributed by atoms with Crippen LogP contribution < -0.4 is 20.1 Å². The second-order valence-electron chi connectivity index (χ2n) is 7.61. The summed E-state index contributed by atoms with van der Waals surface area (Å²) in [6, 6.07) is 11.3. The van der Waals surface area contributed by atoms with E-state index in [1.807, 2.05) is 18.2 Å². The zero-order valence-corrected chi connectivity index (χ0v) is 17.3. The molecule has 0 aliphatic carbocycles. The fraction of sp³-hybridized carbons (Fsp3) is 0.364. The lowest BCUT2D eigenvalue weighted by Gasteiger charge is -2.38. The van der Waals surface area contributed by atoms with E-state index < -0.39 is 17.6 Å². The smallest absolute Gasteiger partial charge is 0.313 e. The second-order valence-corrected chi connectivity index (χ2v) is 7.61.